The molecule has 4 aromatic carbocycles. The average molecular weight is 907 g/mol. The predicted molar refractivity (Wildman–Crippen MR) is 251 cm³/mol. The summed E-state index contributed by atoms with van der Waals surface area (Å²) in [6.07, 6.45) is 23.8. The highest BCUT2D eigenvalue weighted by Gasteiger charge is 2.44. The molecular weight excluding hydrogens is 845 g/mol. The zero-order chi connectivity index (χ0) is 47.3. The predicted octanol–water partition coefficient (Wildman–Crippen LogP) is 13.3. The standard InChI is InChI=1S/C52H62N2O12/c1-3-5-7-9-11-13-15-17-19-21-35-63-39-27-23-37(24-28-39)51(57)65-43-33-31-41(53(59)60)45-47(43)49(55)46-42(54(61)62)32-34-44(48(46)50(45)56)66-52(58)38-25-29-40(30-26-38)64-36-22-20-18-16-14-12-10-8-6-4-2/h23-34H,3-22,35-36H2,1-2H3. The van der Waals surface area contributed by atoms with Gasteiger partial charge < -0.3 is 18.9 Å². The summed E-state index contributed by atoms with van der Waals surface area (Å²) in [5.74, 6) is -4.37. The monoisotopic (exact) mass is 906 g/mol. The maximum atomic E-state index is 14.3. The van der Waals surface area contributed by atoms with Crippen LogP contribution in [0.2, 0.25) is 0 Å². The molecule has 0 aromatic heterocycles. The Balaban J connectivity index is 1.23. The van der Waals surface area contributed by atoms with E-state index in [4.69, 9.17) is 18.9 Å². The highest BCUT2D eigenvalue weighted by molar-refractivity contribution is 6.33. The van der Waals surface area contributed by atoms with Crippen molar-refractivity contribution in [1.82, 2.24) is 0 Å². The first kappa shape index (κ1) is 50.6. The molecule has 0 amide bonds. The molecule has 352 valence electrons. The quantitative estimate of drug-likeness (QED) is 0.0139. The maximum absolute atomic E-state index is 14.3. The Morgan fingerprint density at radius 1 is 0.424 bits per heavy atom. The molecule has 0 fully saturated rings. The fraction of sp³-hybridized carbons (Fsp3) is 0.462. The van der Waals surface area contributed by atoms with E-state index in [1.165, 1.54) is 114 Å². The summed E-state index contributed by atoms with van der Waals surface area (Å²) in [5, 5.41) is 24.5. The van der Waals surface area contributed by atoms with Gasteiger partial charge in [0.05, 0.1) is 45.3 Å². The minimum Gasteiger partial charge on any atom is -0.494 e. The summed E-state index contributed by atoms with van der Waals surface area (Å²) < 4.78 is 22.8. The average Bonchev–Trinajstić information content (AvgIpc) is 3.31. The molecule has 0 spiro atoms. The van der Waals surface area contributed by atoms with Gasteiger partial charge in [-0.05, 0) is 73.5 Å². The van der Waals surface area contributed by atoms with Crippen molar-refractivity contribution in [2.45, 2.75) is 142 Å². The van der Waals surface area contributed by atoms with E-state index in [2.05, 4.69) is 13.8 Å². The Labute approximate surface area is 386 Å². The number of ketones is 2. The summed E-state index contributed by atoms with van der Waals surface area (Å²) >= 11 is 0. The van der Waals surface area contributed by atoms with Crippen LogP contribution in [-0.2, 0) is 0 Å². The van der Waals surface area contributed by atoms with E-state index < -0.39 is 78.5 Å². The van der Waals surface area contributed by atoms with Gasteiger partial charge in [0.25, 0.3) is 11.4 Å². The Morgan fingerprint density at radius 2 is 0.727 bits per heavy atom. The molecular formula is C52H62N2O12. The van der Waals surface area contributed by atoms with E-state index in [9.17, 15) is 39.4 Å². The second-order valence-electron chi connectivity index (χ2n) is 16.7. The van der Waals surface area contributed by atoms with Crippen LogP contribution in [0.1, 0.15) is 195 Å². The number of unbranched alkanes of at least 4 members (excludes halogenated alkanes) is 18. The smallest absolute Gasteiger partial charge is 0.343 e. The fourth-order valence-electron chi connectivity index (χ4n) is 8.03. The molecule has 14 heteroatoms. The number of fused-ring (bicyclic) bond motifs is 2. The molecule has 14 nitrogen and oxygen atoms in total. The van der Waals surface area contributed by atoms with Crippen LogP contribution in [0.3, 0.4) is 0 Å². The van der Waals surface area contributed by atoms with Crippen LogP contribution in [0.25, 0.3) is 0 Å². The topological polar surface area (TPSA) is 191 Å². The zero-order valence-corrected chi connectivity index (χ0v) is 38.3. The van der Waals surface area contributed by atoms with E-state index in [0.717, 1.165) is 62.8 Å². The van der Waals surface area contributed by atoms with Crippen molar-refractivity contribution >= 4 is 34.9 Å². The van der Waals surface area contributed by atoms with Gasteiger partial charge in [0.2, 0.25) is 11.6 Å². The Hall–Kier alpha value is -6.44. The van der Waals surface area contributed by atoms with Gasteiger partial charge in [-0.3, -0.25) is 29.8 Å². The Kier molecular flexibility index (Phi) is 20.3. The van der Waals surface area contributed by atoms with Gasteiger partial charge >= 0.3 is 11.9 Å². The molecule has 1 aliphatic rings. The van der Waals surface area contributed by atoms with Gasteiger partial charge in [0, 0.05) is 12.1 Å². The molecule has 0 unspecified atom stereocenters. The Morgan fingerprint density at radius 3 is 1.03 bits per heavy atom. The van der Waals surface area contributed by atoms with Crippen molar-refractivity contribution in [3.8, 4) is 23.0 Å². The number of nitro benzene ring substituents is 2. The molecule has 1 aliphatic carbocycles. The third-order valence-electron chi connectivity index (χ3n) is 11.7. The lowest BCUT2D eigenvalue weighted by atomic mass is 9.81. The number of hydrogen-bond acceptors (Lipinski definition) is 12. The highest BCUT2D eigenvalue weighted by Crippen LogP contribution is 2.44. The minimum absolute atomic E-state index is 0.0391. The first-order chi connectivity index (χ1) is 32.0. The lowest BCUT2D eigenvalue weighted by Crippen LogP contribution is -2.26. The van der Waals surface area contributed by atoms with Gasteiger partial charge in [0.1, 0.15) is 34.1 Å². The van der Waals surface area contributed by atoms with Crippen LogP contribution in [0.4, 0.5) is 11.4 Å². The number of hydrogen-bond donors (Lipinski definition) is 0. The number of rotatable bonds is 30. The molecule has 0 bridgehead atoms. The van der Waals surface area contributed by atoms with Crippen molar-refractivity contribution in [2.75, 3.05) is 13.2 Å². The summed E-state index contributed by atoms with van der Waals surface area (Å²) in [4.78, 5) is 78.1. The number of ether oxygens (including phenoxy) is 4. The minimum atomic E-state index is -1.21. The highest BCUT2D eigenvalue weighted by atomic mass is 16.6. The molecule has 0 N–H and O–H groups in total. The van der Waals surface area contributed by atoms with Crippen LogP contribution in [-0.4, -0.2) is 46.6 Å². The number of carbonyl (C=O) groups is 4. The zero-order valence-electron chi connectivity index (χ0n) is 38.3. The van der Waals surface area contributed by atoms with Crippen molar-refractivity contribution in [3.05, 3.63) is 126 Å². The lowest BCUT2D eigenvalue weighted by molar-refractivity contribution is -0.385. The molecule has 0 saturated heterocycles. The Bertz CT molecular complexity index is 2130. The lowest BCUT2D eigenvalue weighted by Gasteiger charge is -2.21. The number of carbonyl (C=O) groups excluding carboxylic acids is 4. The van der Waals surface area contributed by atoms with Gasteiger partial charge in [-0.15, -0.1) is 0 Å². The summed E-state index contributed by atoms with van der Waals surface area (Å²) in [6, 6.07) is 15.9. The van der Waals surface area contributed by atoms with E-state index >= 15 is 0 Å². The SMILES string of the molecule is CCCCCCCCCCCCOc1ccc(C(=O)Oc2ccc([N+](=O)[O-])c3c2C(=O)c2c([N+](=O)[O-])ccc(OC(=O)c4ccc(OCCCCCCCCCCCC)cc4)c2C3=O)cc1. The molecule has 0 heterocycles. The fourth-order valence-corrected chi connectivity index (χ4v) is 8.03. The van der Waals surface area contributed by atoms with Crippen LogP contribution in [0.5, 0.6) is 23.0 Å². The molecule has 66 heavy (non-hydrogen) atoms. The third kappa shape index (κ3) is 14.3. The van der Waals surface area contributed by atoms with E-state index in [1.54, 1.807) is 24.3 Å². The number of esters is 2. The maximum Gasteiger partial charge on any atom is 0.343 e. The molecule has 0 radical (unpaired) electrons. The molecule has 5 rings (SSSR count). The largest absolute Gasteiger partial charge is 0.494 e. The van der Waals surface area contributed by atoms with Crippen molar-refractivity contribution in [1.29, 1.82) is 0 Å². The van der Waals surface area contributed by atoms with Gasteiger partial charge in [-0.1, -0.05) is 129 Å². The van der Waals surface area contributed by atoms with Gasteiger partial charge in [-0.2, -0.15) is 0 Å². The van der Waals surface area contributed by atoms with Crippen LogP contribution in [0, 0.1) is 20.2 Å². The normalized spacial score (nSPS) is 11.7. The molecule has 0 aliphatic heterocycles. The second-order valence-corrected chi connectivity index (χ2v) is 16.7. The van der Waals surface area contributed by atoms with Crippen molar-refractivity contribution in [3.63, 3.8) is 0 Å². The molecule has 0 saturated carbocycles. The second kappa shape index (κ2) is 26.5. The summed E-state index contributed by atoms with van der Waals surface area (Å²) in [6.45, 7) is 5.43. The first-order valence-electron chi connectivity index (χ1n) is 23.7. The first-order valence-corrected chi connectivity index (χ1v) is 23.7. The number of nitrogens with zero attached hydrogens (tertiary/aromatic N) is 2. The van der Waals surface area contributed by atoms with Gasteiger partial charge in [-0.25, -0.2) is 9.59 Å². The number of benzene rings is 4. The molecule has 0 atom stereocenters. The van der Waals surface area contributed by atoms with E-state index in [0.29, 0.717) is 24.7 Å². The molecule has 4 aromatic rings. The summed E-state index contributed by atoms with van der Waals surface area (Å²) in [7, 11) is 0. The van der Waals surface area contributed by atoms with Crippen molar-refractivity contribution in [2.24, 2.45) is 0 Å². The summed E-state index contributed by atoms with van der Waals surface area (Å²) in [5.41, 5.74) is -4.56. The third-order valence-corrected chi connectivity index (χ3v) is 11.7. The van der Waals surface area contributed by atoms with E-state index in [1.807, 2.05) is 0 Å². The number of nitro groups is 2. The van der Waals surface area contributed by atoms with Crippen LogP contribution in [0.15, 0.2) is 72.8 Å². The van der Waals surface area contributed by atoms with E-state index in [-0.39, 0.29) is 11.1 Å². The van der Waals surface area contributed by atoms with Crippen LogP contribution >= 0.6 is 0 Å². The van der Waals surface area contributed by atoms with Crippen LogP contribution < -0.4 is 18.9 Å². The van der Waals surface area contributed by atoms with Gasteiger partial charge in [0.15, 0.2) is 0 Å². The van der Waals surface area contributed by atoms with Crippen molar-refractivity contribution < 1.29 is 48.0 Å².